The number of fused-ring (bicyclic) bond motifs is 3. The predicted molar refractivity (Wildman–Crippen MR) is 89.3 cm³/mol. The van der Waals surface area contributed by atoms with Crippen LogP contribution >= 0.6 is 0 Å². The average Bonchev–Trinajstić information content (AvgIpc) is 2.77. The van der Waals surface area contributed by atoms with Gasteiger partial charge in [0.1, 0.15) is 0 Å². The van der Waals surface area contributed by atoms with Crippen molar-refractivity contribution in [2.75, 3.05) is 0 Å². The van der Waals surface area contributed by atoms with E-state index in [0.717, 1.165) is 0 Å². The number of rotatable bonds is 1. The van der Waals surface area contributed by atoms with E-state index in [-0.39, 0.29) is 5.41 Å². The van der Waals surface area contributed by atoms with Crippen LogP contribution in [0.3, 0.4) is 0 Å². The lowest BCUT2D eigenvalue weighted by molar-refractivity contribution is 0.395. The number of hydrogen-bond acceptors (Lipinski definition) is 0. The Hall–Kier alpha value is -2.08. The van der Waals surface area contributed by atoms with Crippen LogP contribution in [0.1, 0.15) is 36.5 Å². The first kappa shape index (κ1) is 12.6. The molecule has 0 saturated heterocycles. The van der Waals surface area contributed by atoms with E-state index in [1.54, 1.807) is 0 Å². The van der Waals surface area contributed by atoms with Gasteiger partial charge in [0.25, 0.3) is 0 Å². The van der Waals surface area contributed by atoms with E-state index >= 15 is 0 Å². The van der Waals surface area contributed by atoms with Gasteiger partial charge in [-0.15, -0.1) is 0 Å². The Morgan fingerprint density at radius 1 is 0.857 bits per heavy atom. The minimum absolute atomic E-state index is 0.219. The SMILES string of the molecule is CC1(C)c2ccccc2C2C=C(c3ccccc3)C=CC21. The van der Waals surface area contributed by atoms with Crippen LogP contribution < -0.4 is 0 Å². The fourth-order valence-corrected chi connectivity index (χ4v) is 4.03. The van der Waals surface area contributed by atoms with Gasteiger partial charge in [-0.3, -0.25) is 0 Å². The molecule has 2 aliphatic carbocycles. The summed E-state index contributed by atoms with van der Waals surface area (Å²) in [5, 5.41) is 0. The topological polar surface area (TPSA) is 0 Å². The van der Waals surface area contributed by atoms with Crippen LogP contribution in [0.5, 0.6) is 0 Å². The van der Waals surface area contributed by atoms with E-state index in [9.17, 15) is 0 Å². The lowest BCUT2D eigenvalue weighted by Gasteiger charge is -2.30. The molecule has 2 aromatic rings. The minimum Gasteiger partial charge on any atom is -0.0790 e. The van der Waals surface area contributed by atoms with Crippen molar-refractivity contribution in [2.45, 2.75) is 25.2 Å². The monoisotopic (exact) mass is 272 g/mol. The van der Waals surface area contributed by atoms with Crippen LogP contribution in [0, 0.1) is 5.92 Å². The normalized spacial score (nSPS) is 25.1. The summed E-state index contributed by atoms with van der Waals surface area (Å²) in [5.74, 6) is 1.08. The summed E-state index contributed by atoms with van der Waals surface area (Å²) in [5.41, 5.74) is 5.90. The Kier molecular flexibility index (Phi) is 2.68. The van der Waals surface area contributed by atoms with Gasteiger partial charge in [-0.05, 0) is 33.6 Å². The van der Waals surface area contributed by atoms with Crippen molar-refractivity contribution in [3.8, 4) is 0 Å². The van der Waals surface area contributed by atoms with Gasteiger partial charge in [-0.1, -0.05) is 86.7 Å². The van der Waals surface area contributed by atoms with Gasteiger partial charge in [0.15, 0.2) is 0 Å². The lowest BCUT2D eigenvalue weighted by atomic mass is 9.73. The fraction of sp³-hybridized carbons (Fsp3) is 0.238. The maximum Gasteiger partial charge on any atom is 0.0101 e. The zero-order valence-corrected chi connectivity index (χ0v) is 12.6. The molecule has 0 amide bonds. The summed E-state index contributed by atoms with van der Waals surface area (Å²) in [6, 6.07) is 19.6. The van der Waals surface area contributed by atoms with E-state index in [2.05, 4.69) is 86.7 Å². The molecule has 2 aliphatic rings. The first-order chi connectivity index (χ1) is 10.2. The second-order valence-electron chi connectivity index (χ2n) is 6.71. The quantitative estimate of drug-likeness (QED) is 0.658. The molecule has 104 valence electrons. The molecule has 0 radical (unpaired) electrons. The van der Waals surface area contributed by atoms with Crippen molar-refractivity contribution < 1.29 is 0 Å². The number of allylic oxidation sites excluding steroid dienone is 4. The Balaban J connectivity index is 1.83. The summed E-state index contributed by atoms with van der Waals surface area (Å²) in [6.07, 6.45) is 7.20. The van der Waals surface area contributed by atoms with Crippen LogP contribution in [0.2, 0.25) is 0 Å². The van der Waals surface area contributed by atoms with Crippen molar-refractivity contribution in [1.82, 2.24) is 0 Å². The van der Waals surface area contributed by atoms with Gasteiger partial charge in [0, 0.05) is 5.92 Å². The van der Waals surface area contributed by atoms with Crippen molar-refractivity contribution in [3.63, 3.8) is 0 Å². The molecule has 2 aromatic carbocycles. The molecule has 0 spiro atoms. The Bertz CT molecular complexity index is 732. The average molecular weight is 272 g/mol. The summed E-state index contributed by atoms with van der Waals surface area (Å²) < 4.78 is 0. The van der Waals surface area contributed by atoms with Gasteiger partial charge in [-0.2, -0.15) is 0 Å². The molecular formula is C21H20. The van der Waals surface area contributed by atoms with Crippen LogP contribution in [0.25, 0.3) is 5.57 Å². The highest BCUT2D eigenvalue weighted by atomic mass is 14.5. The van der Waals surface area contributed by atoms with Gasteiger partial charge < -0.3 is 0 Å². The molecule has 0 N–H and O–H groups in total. The molecule has 0 saturated carbocycles. The Morgan fingerprint density at radius 2 is 1.57 bits per heavy atom. The maximum atomic E-state index is 2.47. The van der Waals surface area contributed by atoms with Crippen molar-refractivity contribution >= 4 is 5.57 Å². The van der Waals surface area contributed by atoms with Gasteiger partial charge in [-0.25, -0.2) is 0 Å². The standard InChI is InChI=1S/C21H20/c1-21(2)19-11-7-6-10-17(19)18-14-16(12-13-20(18)21)15-8-4-3-5-9-15/h3-14,18,20H,1-2H3. The maximum absolute atomic E-state index is 2.47. The zero-order valence-electron chi connectivity index (χ0n) is 12.6. The molecule has 0 bridgehead atoms. The molecule has 0 aromatic heterocycles. The third kappa shape index (κ3) is 1.82. The first-order valence-electron chi connectivity index (χ1n) is 7.73. The van der Waals surface area contributed by atoms with Crippen LogP contribution in [-0.2, 0) is 5.41 Å². The highest BCUT2D eigenvalue weighted by molar-refractivity contribution is 5.77. The first-order valence-corrected chi connectivity index (χ1v) is 7.73. The largest absolute Gasteiger partial charge is 0.0790 e. The van der Waals surface area contributed by atoms with Crippen molar-refractivity contribution in [3.05, 3.63) is 89.5 Å². The third-order valence-electron chi connectivity index (χ3n) is 5.18. The van der Waals surface area contributed by atoms with Gasteiger partial charge in [0.2, 0.25) is 0 Å². The Labute approximate surface area is 126 Å². The smallest absolute Gasteiger partial charge is 0.0101 e. The zero-order chi connectivity index (χ0) is 14.4. The van der Waals surface area contributed by atoms with E-state index in [4.69, 9.17) is 0 Å². The van der Waals surface area contributed by atoms with Crippen LogP contribution in [0.15, 0.2) is 72.8 Å². The molecule has 0 heterocycles. The van der Waals surface area contributed by atoms with Crippen LogP contribution in [0.4, 0.5) is 0 Å². The van der Waals surface area contributed by atoms with Gasteiger partial charge in [0.05, 0.1) is 0 Å². The summed E-state index contributed by atoms with van der Waals surface area (Å²) in [4.78, 5) is 0. The summed E-state index contributed by atoms with van der Waals surface area (Å²) in [7, 11) is 0. The molecule has 2 atom stereocenters. The molecule has 0 nitrogen and oxygen atoms in total. The molecular weight excluding hydrogens is 252 g/mol. The van der Waals surface area contributed by atoms with Gasteiger partial charge >= 0.3 is 0 Å². The van der Waals surface area contributed by atoms with Crippen LogP contribution in [-0.4, -0.2) is 0 Å². The van der Waals surface area contributed by atoms with Crippen molar-refractivity contribution in [1.29, 1.82) is 0 Å². The Morgan fingerprint density at radius 3 is 2.38 bits per heavy atom. The third-order valence-corrected chi connectivity index (χ3v) is 5.18. The van der Waals surface area contributed by atoms with E-state index < -0.39 is 0 Å². The second kappa shape index (κ2) is 4.46. The van der Waals surface area contributed by atoms with E-state index in [1.807, 2.05) is 0 Å². The molecule has 21 heavy (non-hydrogen) atoms. The van der Waals surface area contributed by atoms with E-state index in [1.165, 1.54) is 22.3 Å². The molecule has 0 fully saturated rings. The molecule has 0 heteroatoms. The lowest BCUT2D eigenvalue weighted by Crippen LogP contribution is -2.25. The second-order valence-corrected chi connectivity index (χ2v) is 6.71. The molecule has 4 rings (SSSR count). The van der Waals surface area contributed by atoms with Crippen molar-refractivity contribution in [2.24, 2.45) is 5.92 Å². The number of hydrogen-bond donors (Lipinski definition) is 0. The molecule has 0 aliphatic heterocycles. The summed E-state index contributed by atoms with van der Waals surface area (Å²) in [6.45, 7) is 4.75. The fourth-order valence-electron chi connectivity index (χ4n) is 4.03. The highest BCUT2D eigenvalue weighted by Gasteiger charge is 2.44. The highest BCUT2D eigenvalue weighted by Crippen LogP contribution is 2.53. The molecule has 2 unspecified atom stereocenters. The van der Waals surface area contributed by atoms with E-state index in [0.29, 0.717) is 11.8 Å². The summed E-state index contributed by atoms with van der Waals surface area (Å²) >= 11 is 0. The minimum atomic E-state index is 0.219. The predicted octanol–water partition coefficient (Wildman–Crippen LogP) is 5.33. The number of benzene rings is 2.